The van der Waals surface area contributed by atoms with Gasteiger partial charge >= 0.3 is 0 Å². The number of amides is 1. The maximum Gasteiger partial charge on any atom is 0.277 e. The van der Waals surface area contributed by atoms with E-state index in [0.29, 0.717) is 11.7 Å². The Morgan fingerprint density at radius 1 is 1.43 bits per heavy atom. The van der Waals surface area contributed by atoms with Gasteiger partial charge in [-0.25, -0.2) is 4.68 Å². The summed E-state index contributed by atoms with van der Waals surface area (Å²) in [4.78, 5) is 12.3. The number of nitrogens with zero attached hydrogens (tertiary/aromatic N) is 3. The zero-order chi connectivity index (χ0) is 15.0. The van der Waals surface area contributed by atoms with Crippen LogP contribution in [0.2, 0.25) is 0 Å². The Morgan fingerprint density at radius 3 is 2.81 bits per heavy atom. The van der Waals surface area contributed by atoms with Crippen LogP contribution in [0.4, 0.5) is 5.69 Å². The minimum absolute atomic E-state index is 0.249. The zero-order valence-corrected chi connectivity index (χ0v) is 13.4. The largest absolute Gasteiger partial charge is 0.319 e. The van der Waals surface area contributed by atoms with Crippen molar-refractivity contribution in [2.75, 3.05) is 18.4 Å². The predicted molar refractivity (Wildman–Crippen MR) is 83.5 cm³/mol. The van der Waals surface area contributed by atoms with Crippen molar-refractivity contribution in [3.05, 3.63) is 39.6 Å². The summed E-state index contributed by atoms with van der Waals surface area (Å²) in [5.41, 5.74) is 3.24. The van der Waals surface area contributed by atoms with Crippen LogP contribution in [0.1, 0.15) is 27.7 Å². The monoisotopic (exact) mass is 349 g/mol. The Balaban J connectivity index is 1.78. The normalized spacial score (nSPS) is 14.8. The minimum atomic E-state index is -0.249. The second-order valence-corrected chi connectivity index (χ2v) is 6.14. The van der Waals surface area contributed by atoms with Gasteiger partial charge in [0.25, 0.3) is 5.91 Å². The first-order valence-corrected chi connectivity index (χ1v) is 7.54. The number of carbonyl (C=O) groups is 1. The van der Waals surface area contributed by atoms with Crippen molar-refractivity contribution in [3.63, 3.8) is 0 Å². The molecule has 1 aromatic carbocycles. The van der Waals surface area contributed by atoms with Crippen molar-refractivity contribution in [2.24, 2.45) is 0 Å². The van der Waals surface area contributed by atoms with Gasteiger partial charge in [0, 0.05) is 17.6 Å². The van der Waals surface area contributed by atoms with Crippen molar-refractivity contribution in [1.82, 2.24) is 20.3 Å². The van der Waals surface area contributed by atoms with E-state index >= 15 is 0 Å². The SMILES string of the molecule is Cc1cc(C)c(NC(=O)c2cn(C3CNC3)nn2)c(Br)c1. The average Bonchev–Trinajstić information content (AvgIpc) is 2.80. The summed E-state index contributed by atoms with van der Waals surface area (Å²) in [6.45, 7) is 5.71. The van der Waals surface area contributed by atoms with E-state index in [1.165, 1.54) is 0 Å². The standard InChI is InChI=1S/C14H16BrN5O/c1-8-3-9(2)13(11(15)4-8)17-14(21)12-7-20(19-18-12)10-5-16-6-10/h3-4,7,10,16H,5-6H2,1-2H3,(H,17,21). The number of benzene rings is 1. The van der Waals surface area contributed by atoms with E-state index in [1.54, 1.807) is 10.9 Å². The molecule has 7 heteroatoms. The van der Waals surface area contributed by atoms with E-state index in [9.17, 15) is 4.79 Å². The van der Waals surface area contributed by atoms with Gasteiger partial charge in [0.05, 0.1) is 17.9 Å². The van der Waals surface area contributed by atoms with Crippen molar-refractivity contribution >= 4 is 27.5 Å². The molecule has 110 valence electrons. The van der Waals surface area contributed by atoms with Crippen molar-refractivity contribution in [3.8, 4) is 0 Å². The molecule has 1 saturated heterocycles. The molecule has 21 heavy (non-hydrogen) atoms. The molecule has 0 unspecified atom stereocenters. The molecule has 0 radical (unpaired) electrons. The van der Waals surface area contributed by atoms with Crippen LogP contribution >= 0.6 is 15.9 Å². The number of halogens is 1. The average molecular weight is 350 g/mol. The van der Waals surface area contributed by atoms with Gasteiger partial charge in [0.2, 0.25) is 0 Å². The fourth-order valence-corrected chi connectivity index (χ4v) is 3.04. The number of aromatic nitrogens is 3. The Hall–Kier alpha value is -1.73. The van der Waals surface area contributed by atoms with Gasteiger partial charge in [-0.15, -0.1) is 5.10 Å². The van der Waals surface area contributed by atoms with E-state index in [-0.39, 0.29) is 5.91 Å². The highest BCUT2D eigenvalue weighted by Crippen LogP contribution is 2.28. The van der Waals surface area contributed by atoms with Crippen molar-refractivity contribution < 1.29 is 4.79 Å². The van der Waals surface area contributed by atoms with Crippen molar-refractivity contribution in [1.29, 1.82) is 0 Å². The molecule has 1 fully saturated rings. The van der Waals surface area contributed by atoms with Crippen LogP contribution in [-0.2, 0) is 0 Å². The third-order valence-corrected chi connectivity index (χ3v) is 4.17. The highest BCUT2D eigenvalue weighted by Gasteiger charge is 2.22. The highest BCUT2D eigenvalue weighted by atomic mass is 79.9. The summed E-state index contributed by atoms with van der Waals surface area (Å²) < 4.78 is 2.60. The lowest BCUT2D eigenvalue weighted by Gasteiger charge is -2.26. The molecule has 1 aliphatic heterocycles. The Bertz CT molecular complexity index is 669. The van der Waals surface area contributed by atoms with Crippen LogP contribution in [0.15, 0.2) is 22.8 Å². The van der Waals surface area contributed by atoms with Gasteiger partial charge in [-0.2, -0.15) is 0 Å². The summed E-state index contributed by atoms with van der Waals surface area (Å²) in [5.74, 6) is -0.249. The van der Waals surface area contributed by atoms with E-state index in [1.807, 2.05) is 26.0 Å². The summed E-state index contributed by atoms with van der Waals surface area (Å²) in [6, 6.07) is 4.29. The quantitative estimate of drug-likeness (QED) is 0.889. The fraction of sp³-hybridized carbons (Fsp3) is 0.357. The lowest BCUT2D eigenvalue weighted by molar-refractivity contribution is 0.102. The Morgan fingerprint density at radius 2 is 2.19 bits per heavy atom. The molecule has 2 aromatic rings. The van der Waals surface area contributed by atoms with E-state index < -0.39 is 0 Å². The minimum Gasteiger partial charge on any atom is -0.319 e. The molecule has 0 atom stereocenters. The number of hydrogen-bond acceptors (Lipinski definition) is 4. The Kier molecular flexibility index (Phi) is 3.77. The van der Waals surface area contributed by atoms with Crippen LogP contribution in [-0.4, -0.2) is 34.0 Å². The molecule has 6 nitrogen and oxygen atoms in total. The van der Waals surface area contributed by atoms with E-state index in [4.69, 9.17) is 0 Å². The second kappa shape index (κ2) is 5.57. The zero-order valence-electron chi connectivity index (χ0n) is 11.9. The molecule has 3 rings (SSSR count). The molecule has 2 N–H and O–H groups in total. The molecular weight excluding hydrogens is 334 g/mol. The van der Waals surface area contributed by atoms with Crippen LogP contribution < -0.4 is 10.6 Å². The third kappa shape index (κ3) is 2.84. The van der Waals surface area contributed by atoms with Gasteiger partial charge in [-0.1, -0.05) is 11.3 Å². The molecule has 0 saturated carbocycles. The van der Waals surface area contributed by atoms with Crippen LogP contribution in [0.25, 0.3) is 0 Å². The maximum atomic E-state index is 12.3. The van der Waals surface area contributed by atoms with Crippen LogP contribution in [0.5, 0.6) is 0 Å². The van der Waals surface area contributed by atoms with Crippen LogP contribution in [0.3, 0.4) is 0 Å². The van der Waals surface area contributed by atoms with E-state index in [2.05, 4.69) is 36.9 Å². The smallest absolute Gasteiger partial charge is 0.277 e. The number of aryl methyl sites for hydroxylation is 2. The summed E-state index contributed by atoms with van der Waals surface area (Å²) in [6.07, 6.45) is 1.69. The van der Waals surface area contributed by atoms with Gasteiger partial charge in [0.15, 0.2) is 5.69 Å². The topological polar surface area (TPSA) is 71.8 Å². The van der Waals surface area contributed by atoms with Crippen LogP contribution in [0, 0.1) is 13.8 Å². The van der Waals surface area contributed by atoms with Crippen molar-refractivity contribution in [2.45, 2.75) is 19.9 Å². The molecule has 0 aliphatic carbocycles. The maximum absolute atomic E-state index is 12.3. The number of rotatable bonds is 3. The molecule has 1 amide bonds. The fourth-order valence-electron chi connectivity index (χ4n) is 2.27. The lowest BCUT2D eigenvalue weighted by atomic mass is 10.1. The molecular formula is C14H16BrN5O. The molecule has 0 spiro atoms. The predicted octanol–water partition coefficient (Wildman–Crippen LogP) is 2.05. The van der Waals surface area contributed by atoms with Gasteiger partial charge in [0.1, 0.15) is 0 Å². The van der Waals surface area contributed by atoms with E-state index in [0.717, 1.165) is 34.4 Å². The first-order valence-electron chi connectivity index (χ1n) is 6.75. The first-order chi connectivity index (χ1) is 10.0. The lowest BCUT2D eigenvalue weighted by Crippen LogP contribution is -2.43. The number of nitrogens with one attached hydrogen (secondary N) is 2. The second-order valence-electron chi connectivity index (χ2n) is 5.29. The Labute approximate surface area is 131 Å². The molecule has 2 heterocycles. The van der Waals surface area contributed by atoms with Gasteiger partial charge < -0.3 is 10.6 Å². The number of carbonyl (C=O) groups excluding carboxylic acids is 1. The van der Waals surface area contributed by atoms with Gasteiger partial charge in [-0.05, 0) is 47.0 Å². The molecule has 0 bridgehead atoms. The highest BCUT2D eigenvalue weighted by molar-refractivity contribution is 9.10. The van der Waals surface area contributed by atoms with Gasteiger partial charge in [-0.3, -0.25) is 4.79 Å². The number of anilines is 1. The third-order valence-electron chi connectivity index (χ3n) is 3.55. The molecule has 1 aromatic heterocycles. The molecule has 1 aliphatic rings. The number of hydrogen-bond donors (Lipinski definition) is 2. The summed E-state index contributed by atoms with van der Waals surface area (Å²) in [7, 11) is 0. The first kappa shape index (κ1) is 14.2. The summed E-state index contributed by atoms with van der Waals surface area (Å²) in [5, 5.41) is 14.0. The summed E-state index contributed by atoms with van der Waals surface area (Å²) >= 11 is 3.48.